The van der Waals surface area contributed by atoms with Crippen molar-refractivity contribution in [1.29, 1.82) is 0 Å². The number of piperazine rings is 1. The van der Waals surface area contributed by atoms with Gasteiger partial charge in [-0.15, -0.1) is 0 Å². The van der Waals surface area contributed by atoms with Crippen molar-refractivity contribution >= 4 is 16.7 Å². The number of carbonyl (C=O) groups is 1. The lowest BCUT2D eigenvalue weighted by Crippen LogP contribution is -2.59. The zero-order chi connectivity index (χ0) is 23.0. The van der Waals surface area contributed by atoms with Crippen molar-refractivity contribution in [2.45, 2.75) is 48.8 Å². The molecule has 4 rings (SSSR count). The van der Waals surface area contributed by atoms with Crippen molar-refractivity contribution in [3.63, 3.8) is 0 Å². The van der Waals surface area contributed by atoms with Crippen LogP contribution in [-0.2, 0) is 22.1 Å². The van der Waals surface area contributed by atoms with Crippen molar-refractivity contribution in [3.8, 4) is 5.75 Å². The minimum absolute atomic E-state index is 0.0607. The van der Waals surface area contributed by atoms with Crippen LogP contribution in [0, 0.1) is 0 Å². The van der Waals surface area contributed by atoms with E-state index in [2.05, 4.69) is 0 Å². The molecular formula is C23H26F2N2O4S. The van der Waals surface area contributed by atoms with Crippen LogP contribution < -0.4 is 4.74 Å². The number of amides is 1. The van der Waals surface area contributed by atoms with Gasteiger partial charge < -0.3 is 14.7 Å². The van der Waals surface area contributed by atoms with Crippen LogP contribution in [-0.4, -0.2) is 62.1 Å². The lowest BCUT2D eigenvalue weighted by Gasteiger charge is -2.48. The molecule has 0 aromatic heterocycles. The van der Waals surface area contributed by atoms with E-state index in [1.807, 2.05) is 35.2 Å². The van der Waals surface area contributed by atoms with Gasteiger partial charge in [-0.1, -0.05) is 30.3 Å². The van der Waals surface area contributed by atoms with E-state index in [9.17, 15) is 22.9 Å². The molecule has 2 heterocycles. The fraction of sp³-hybridized carbons (Fsp3) is 0.435. The fourth-order valence-corrected chi connectivity index (χ4v) is 4.97. The van der Waals surface area contributed by atoms with Crippen LogP contribution >= 0.6 is 0 Å². The summed E-state index contributed by atoms with van der Waals surface area (Å²) < 4.78 is 43.9. The van der Waals surface area contributed by atoms with E-state index in [4.69, 9.17) is 4.74 Å². The van der Waals surface area contributed by atoms with Crippen LogP contribution in [0.15, 0.2) is 53.4 Å². The Morgan fingerprint density at radius 2 is 1.91 bits per heavy atom. The van der Waals surface area contributed by atoms with E-state index in [-0.39, 0.29) is 17.3 Å². The topological polar surface area (TPSA) is 70.1 Å². The summed E-state index contributed by atoms with van der Waals surface area (Å²) in [5.41, 5.74) is 0.501. The molecule has 172 valence electrons. The quantitative estimate of drug-likeness (QED) is 0.737. The number of aliphatic hydroxyl groups is 1. The Hall–Kier alpha value is -2.36. The number of halogens is 2. The number of hydrogen-bond acceptors (Lipinski definition) is 5. The molecule has 0 radical (unpaired) electrons. The van der Waals surface area contributed by atoms with Crippen LogP contribution in [0.25, 0.3) is 0 Å². The number of ether oxygens (including phenoxy) is 1. The van der Waals surface area contributed by atoms with Gasteiger partial charge in [0.1, 0.15) is 28.3 Å². The third-order valence-corrected chi connectivity index (χ3v) is 7.04. The number of fused-ring (bicyclic) bond motifs is 1. The maximum Gasteiger partial charge on any atom is 0.316 e. The first kappa shape index (κ1) is 22.8. The molecule has 9 heteroatoms. The lowest BCUT2D eigenvalue weighted by molar-refractivity contribution is -0.150. The second-order valence-corrected chi connectivity index (χ2v) is 10.1. The number of benzene rings is 2. The zero-order valence-electron chi connectivity index (χ0n) is 17.9. The van der Waals surface area contributed by atoms with Crippen molar-refractivity contribution in [1.82, 2.24) is 9.80 Å². The summed E-state index contributed by atoms with van der Waals surface area (Å²) in [4.78, 5) is 16.7. The summed E-state index contributed by atoms with van der Waals surface area (Å²) in [5.74, 6) is -2.80. The number of aliphatic hydroxyl groups excluding tert-OH is 1. The Labute approximate surface area is 188 Å². The Bertz CT molecular complexity index is 1020. The normalized spacial score (nSPS) is 24.2. The van der Waals surface area contributed by atoms with Crippen LogP contribution in [0.2, 0.25) is 0 Å². The highest BCUT2D eigenvalue weighted by Crippen LogP contribution is 2.44. The van der Waals surface area contributed by atoms with E-state index in [0.717, 1.165) is 5.56 Å². The van der Waals surface area contributed by atoms with Gasteiger partial charge in [-0.3, -0.25) is 9.69 Å². The molecule has 1 saturated heterocycles. The van der Waals surface area contributed by atoms with Crippen LogP contribution in [0.5, 0.6) is 5.75 Å². The fourth-order valence-electron chi connectivity index (χ4n) is 4.32. The minimum Gasteiger partial charge on any atom is -0.485 e. The van der Waals surface area contributed by atoms with Crippen molar-refractivity contribution in [2.24, 2.45) is 0 Å². The van der Waals surface area contributed by atoms with Gasteiger partial charge in [0.25, 0.3) is 0 Å². The van der Waals surface area contributed by atoms with Crippen molar-refractivity contribution < 1.29 is 27.6 Å². The highest BCUT2D eigenvalue weighted by Gasteiger charge is 2.47. The van der Waals surface area contributed by atoms with E-state index >= 15 is 0 Å². The van der Waals surface area contributed by atoms with Crippen LogP contribution in [0.1, 0.15) is 31.0 Å². The first-order valence-electron chi connectivity index (χ1n) is 10.4. The second-order valence-electron chi connectivity index (χ2n) is 8.64. The SMILES string of the molecule is CC1(C)Oc2ccc(S(=O)C(F)F)cc2[C@H](N2CCN(Cc3ccccc3)CC2=O)[C@H]1O. The molecule has 1 fully saturated rings. The van der Waals surface area contributed by atoms with Crippen molar-refractivity contribution in [2.75, 3.05) is 19.6 Å². The molecule has 2 aromatic carbocycles. The van der Waals surface area contributed by atoms with Gasteiger partial charge in [0.2, 0.25) is 5.91 Å². The van der Waals surface area contributed by atoms with Gasteiger partial charge in [0, 0.05) is 30.1 Å². The standard InChI is InChI=1S/C23H26F2N2O4S/c1-23(2)21(29)20(17-12-16(32(30)22(24)25)8-9-18(17)31-23)27-11-10-26(14-19(27)28)13-15-6-4-3-5-7-15/h3-9,12,20-22,29H,10-11,13-14H2,1-2H3/t20-,21+,32?/m0/s1. The first-order valence-corrected chi connectivity index (χ1v) is 11.6. The van der Waals surface area contributed by atoms with Crippen LogP contribution in [0.3, 0.4) is 0 Å². The molecule has 0 saturated carbocycles. The van der Waals surface area contributed by atoms with Gasteiger partial charge in [0.05, 0.1) is 12.6 Å². The van der Waals surface area contributed by atoms with E-state index < -0.39 is 34.3 Å². The van der Waals surface area contributed by atoms with Gasteiger partial charge in [-0.2, -0.15) is 8.78 Å². The van der Waals surface area contributed by atoms with Crippen LogP contribution in [0.4, 0.5) is 8.78 Å². The maximum atomic E-state index is 13.1. The molecule has 1 unspecified atom stereocenters. The zero-order valence-corrected chi connectivity index (χ0v) is 18.7. The van der Waals surface area contributed by atoms with Gasteiger partial charge >= 0.3 is 5.76 Å². The Morgan fingerprint density at radius 1 is 1.19 bits per heavy atom. The average molecular weight is 465 g/mol. The highest BCUT2D eigenvalue weighted by molar-refractivity contribution is 7.85. The third-order valence-electron chi connectivity index (χ3n) is 6.00. The lowest BCUT2D eigenvalue weighted by atomic mass is 9.85. The summed E-state index contributed by atoms with van der Waals surface area (Å²) in [6, 6.07) is 13.3. The first-order chi connectivity index (χ1) is 15.2. The predicted octanol–water partition coefficient (Wildman–Crippen LogP) is 2.93. The molecule has 1 amide bonds. The number of alkyl halides is 2. The van der Waals surface area contributed by atoms with E-state index in [1.165, 1.54) is 18.2 Å². The summed E-state index contributed by atoms with van der Waals surface area (Å²) in [7, 11) is -2.50. The smallest absolute Gasteiger partial charge is 0.316 e. The number of rotatable bonds is 5. The molecule has 2 aliphatic rings. The molecule has 0 spiro atoms. The summed E-state index contributed by atoms with van der Waals surface area (Å²) >= 11 is 0. The molecule has 0 aliphatic carbocycles. The third kappa shape index (κ3) is 4.42. The molecule has 0 bridgehead atoms. The van der Waals surface area contributed by atoms with Gasteiger partial charge in [-0.05, 0) is 37.6 Å². The number of nitrogens with zero attached hydrogens (tertiary/aromatic N) is 2. The average Bonchev–Trinajstić information content (AvgIpc) is 2.75. The molecular weight excluding hydrogens is 438 g/mol. The Balaban J connectivity index is 1.61. The summed E-state index contributed by atoms with van der Waals surface area (Å²) in [5, 5.41) is 11.1. The predicted molar refractivity (Wildman–Crippen MR) is 116 cm³/mol. The highest BCUT2D eigenvalue weighted by atomic mass is 32.2. The maximum absolute atomic E-state index is 13.1. The molecule has 6 nitrogen and oxygen atoms in total. The molecule has 1 N–H and O–H groups in total. The summed E-state index contributed by atoms with van der Waals surface area (Å²) in [6.45, 7) is 5.21. The Kier molecular flexibility index (Phi) is 6.33. The number of hydrogen-bond donors (Lipinski definition) is 1. The van der Waals surface area contributed by atoms with Gasteiger partial charge in [0.15, 0.2) is 0 Å². The second kappa shape index (κ2) is 8.88. The summed E-state index contributed by atoms with van der Waals surface area (Å²) in [6.07, 6.45) is -1.09. The molecule has 3 atom stereocenters. The largest absolute Gasteiger partial charge is 0.485 e. The molecule has 2 aliphatic heterocycles. The number of carbonyl (C=O) groups excluding carboxylic acids is 1. The molecule has 2 aromatic rings. The van der Waals surface area contributed by atoms with Crippen molar-refractivity contribution in [3.05, 3.63) is 59.7 Å². The van der Waals surface area contributed by atoms with E-state index in [0.29, 0.717) is 30.9 Å². The Morgan fingerprint density at radius 3 is 2.56 bits per heavy atom. The monoisotopic (exact) mass is 464 g/mol. The molecule has 32 heavy (non-hydrogen) atoms. The van der Waals surface area contributed by atoms with Gasteiger partial charge in [-0.25, -0.2) is 4.21 Å². The minimum atomic E-state index is -3.03. The van der Waals surface area contributed by atoms with E-state index in [1.54, 1.807) is 18.7 Å².